The molecule has 0 aromatic heterocycles. The quantitative estimate of drug-likeness (QED) is 0.652. The van der Waals surface area contributed by atoms with Gasteiger partial charge in [0, 0.05) is 7.11 Å². The summed E-state index contributed by atoms with van der Waals surface area (Å²) in [6, 6.07) is 6.01. The molecule has 0 saturated carbocycles. The molecule has 0 radical (unpaired) electrons. The molecule has 0 bridgehead atoms. The van der Waals surface area contributed by atoms with Crippen LogP contribution in [0.5, 0.6) is 0 Å². The van der Waals surface area contributed by atoms with E-state index in [4.69, 9.17) is 0 Å². The first-order chi connectivity index (χ1) is 6.25. The summed E-state index contributed by atoms with van der Waals surface area (Å²) in [5, 5.41) is 2.79. The first kappa shape index (κ1) is 9.78. The van der Waals surface area contributed by atoms with E-state index in [9.17, 15) is 4.79 Å². The normalized spacial score (nSPS) is 12.7. The molecule has 0 aliphatic carbocycles. The maximum absolute atomic E-state index is 10.9. The fourth-order valence-corrected chi connectivity index (χ4v) is 1.36. The van der Waals surface area contributed by atoms with Gasteiger partial charge in [-0.1, -0.05) is 31.5 Å². The Morgan fingerprint density at radius 1 is 1.38 bits per heavy atom. The third-order valence-electron chi connectivity index (χ3n) is 1.89. The number of hydrogen-bond donors (Lipinski definition) is 1. The predicted octanol–water partition coefficient (Wildman–Crippen LogP) is 2.76. The van der Waals surface area contributed by atoms with Crippen LogP contribution in [0.25, 0.3) is 0 Å². The van der Waals surface area contributed by atoms with Gasteiger partial charge in [-0.25, -0.2) is 0 Å². The van der Waals surface area contributed by atoms with Crippen LogP contribution in [0.4, 0.5) is 5.69 Å². The lowest BCUT2D eigenvalue weighted by atomic mass is 10.1. The van der Waals surface area contributed by atoms with Crippen LogP contribution in [0, 0.1) is 6.92 Å². The monoisotopic (exact) mass is 179 g/mol. The summed E-state index contributed by atoms with van der Waals surface area (Å²) in [7, 11) is 0. The highest BCUT2D eigenvalue weighted by atomic mass is 16.1. The molecule has 1 aliphatic heterocycles. The number of carbonyl (C=O) groups excluding carboxylic acids is 1. The van der Waals surface area contributed by atoms with Crippen LogP contribution in [0.1, 0.15) is 26.4 Å². The van der Waals surface area contributed by atoms with Crippen LogP contribution in [0.15, 0.2) is 18.2 Å². The van der Waals surface area contributed by atoms with Crippen molar-refractivity contribution in [2.24, 2.45) is 0 Å². The summed E-state index contributed by atoms with van der Waals surface area (Å²) < 4.78 is 0. The highest BCUT2D eigenvalue weighted by Gasteiger charge is 2.16. The molecule has 0 fully saturated rings. The van der Waals surface area contributed by atoms with Gasteiger partial charge in [0.1, 0.15) is 0 Å². The van der Waals surface area contributed by atoms with Crippen molar-refractivity contribution in [2.75, 3.05) is 5.32 Å². The Morgan fingerprint density at radius 2 is 2.08 bits per heavy atom. The third kappa shape index (κ3) is 2.08. The molecule has 1 aromatic rings. The molecule has 1 heterocycles. The molecule has 1 amide bonds. The van der Waals surface area contributed by atoms with E-state index in [0.29, 0.717) is 6.42 Å². The zero-order valence-electron chi connectivity index (χ0n) is 8.35. The zero-order chi connectivity index (χ0) is 9.84. The number of carbonyl (C=O) groups is 1. The number of aryl methyl sites for hydroxylation is 1. The van der Waals surface area contributed by atoms with Gasteiger partial charge in [0.25, 0.3) is 0 Å². The fourth-order valence-electron chi connectivity index (χ4n) is 1.36. The fraction of sp³-hybridized carbons (Fsp3) is 0.364. The summed E-state index contributed by atoms with van der Waals surface area (Å²) in [5.74, 6) is 0.102. The van der Waals surface area contributed by atoms with E-state index in [1.54, 1.807) is 0 Å². The van der Waals surface area contributed by atoms with E-state index in [1.807, 2.05) is 39.0 Å². The van der Waals surface area contributed by atoms with Crippen molar-refractivity contribution in [3.8, 4) is 0 Å². The number of anilines is 1. The molecular formula is C11H17NO. The molecule has 0 unspecified atom stereocenters. The lowest BCUT2D eigenvalue weighted by molar-refractivity contribution is -0.115. The predicted molar refractivity (Wildman–Crippen MR) is 57.0 cm³/mol. The van der Waals surface area contributed by atoms with Crippen molar-refractivity contribution in [2.45, 2.75) is 27.2 Å². The first-order valence-corrected chi connectivity index (χ1v) is 4.65. The highest BCUT2D eigenvalue weighted by Crippen LogP contribution is 2.23. The van der Waals surface area contributed by atoms with Crippen LogP contribution >= 0.6 is 0 Å². The molecule has 1 N–H and O–H groups in total. The van der Waals surface area contributed by atoms with E-state index in [0.717, 1.165) is 11.3 Å². The van der Waals surface area contributed by atoms with Crippen molar-refractivity contribution >= 4 is 11.6 Å². The van der Waals surface area contributed by atoms with Crippen LogP contribution in [0.2, 0.25) is 0 Å². The average molecular weight is 179 g/mol. The summed E-state index contributed by atoms with van der Waals surface area (Å²) in [5.41, 5.74) is 3.30. The molecule has 2 heteroatoms. The molecule has 0 spiro atoms. The van der Waals surface area contributed by atoms with Crippen molar-refractivity contribution in [1.82, 2.24) is 0 Å². The Morgan fingerprint density at radius 3 is 2.77 bits per heavy atom. The second kappa shape index (κ2) is 4.08. The number of rotatable bonds is 0. The first-order valence-electron chi connectivity index (χ1n) is 4.65. The van der Waals surface area contributed by atoms with Crippen LogP contribution in [-0.2, 0) is 11.2 Å². The number of nitrogens with one attached hydrogen (secondary N) is 1. The molecule has 1 aliphatic rings. The van der Waals surface area contributed by atoms with Gasteiger partial charge in [-0.3, -0.25) is 4.79 Å². The standard InChI is InChI=1S/C9H9NO.C2H6.H2/c1-6-2-3-8-7(4-6)5-9(11)10-8;1-2;/h2-4H,5H2,1H3,(H,10,11);1-2H3;1H. The number of amides is 1. The van der Waals surface area contributed by atoms with E-state index < -0.39 is 0 Å². The van der Waals surface area contributed by atoms with Crippen molar-refractivity contribution < 1.29 is 6.22 Å². The topological polar surface area (TPSA) is 29.1 Å². The minimum Gasteiger partial charge on any atom is -0.326 e. The van der Waals surface area contributed by atoms with Gasteiger partial charge in [-0.15, -0.1) is 0 Å². The minimum absolute atomic E-state index is 0. The smallest absolute Gasteiger partial charge is 0.228 e. The van der Waals surface area contributed by atoms with Gasteiger partial charge in [0.15, 0.2) is 0 Å². The average Bonchev–Trinajstić information content (AvgIpc) is 2.48. The van der Waals surface area contributed by atoms with Gasteiger partial charge in [-0.05, 0) is 18.6 Å². The second-order valence-corrected chi connectivity index (χ2v) is 2.89. The van der Waals surface area contributed by atoms with Crippen molar-refractivity contribution in [1.29, 1.82) is 0 Å². The van der Waals surface area contributed by atoms with E-state index in [-0.39, 0.29) is 7.33 Å². The SMILES string of the molecule is CC.Cc1ccc2c(c1)CC(=O)N2.[HH]. The van der Waals surface area contributed by atoms with E-state index in [2.05, 4.69) is 5.32 Å². The van der Waals surface area contributed by atoms with Crippen LogP contribution in [-0.4, -0.2) is 5.91 Å². The molecule has 0 saturated heterocycles. The van der Waals surface area contributed by atoms with Gasteiger partial charge in [0.2, 0.25) is 5.91 Å². The Labute approximate surface area is 80.5 Å². The molecule has 0 atom stereocenters. The van der Waals surface area contributed by atoms with Gasteiger partial charge < -0.3 is 5.32 Å². The van der Waals surface area contributed by atoms with Crippen LogP contribution < -0.4 is 5.32 Å². The second-order valence-electron chi connectivity index (χ2n) is 2.89. The number of fused-ring (bicyclic) bond motifs is 1. The lowest BCUT2D eigenvalue weighted by Crippen LogP contribution is -2.03. The zero-order valence-corrected chi connectivity index (χ0v) is 8.35. The maximum Gasteiger partial charge on any atom is 0.228 e. The van der Waals surface area contributed by atoms with Crippen molar-refractivity contribution in [3.05, 3.63) is 29.3 Å². The highest BCUT2D eigenvalue weighted by molar-refractivity contribution is 5.99. The van der Waals surface area contributed by atoms with Crippen LogP contribution in [0.3, 0.4) is 0 Å². The molecule has 72 valence electrons. The van der Waals surface area contributed by atoms with Gasteiger partial charge in [0.05, 0.1) is 6.42 Å². The third-order valence-corrected chi connectivity index (χ3v) is 1.89. The van der Waals surface area contributed by atoms with Crippen molar-refractivity contribution in [3.63, 3.8) is 0 Å². The Balaban J connectivity index is 0.000000531. The molecular weight excluding hydrogens is 162 g/mol. The summed E-state index contributed by atoms with van der Waals surface area (Å²) in [4.78, 5) is 10.9. The summed E-state index contributed by atoms with van der Waals surface area (Å²) in [6.45, 7) is 6.03. The summed E-state index contributed by atoms with van der Waals surface area (Å²) >= 11 is 0. The lowest BCUT2D eigenvalue weighted by Gasteiger charge is -1.97. The Hall–Kier alpha value is -1.31. The largest absolute Gasteiger partial charge is 0.326 e. The number of benzene rings is 1. The van der Waals surface area contributed by atoms with Gasteiger partial charge >= 0.3 is 0 Å². The number of hydrogen-bond acceptors (Lipinski definition) is 1. The summed E-state index contributed by atoms with van der Waals surface area (Å²) in [6.07, 6.45) is 0.539. The van der Waals surface area contributed by atoms with E-state index in [1.165, 1.54) is 5.56 Å². The molecule has 1 aromatic carbocycles. The Kier molecular flexibility index (Phi) is 3.07. The molecule has 2 nitrogen and oxygen atoms in total. The maximum atomic E-state index is 10.9. The molecule has 13 heavy (non-hydrogen) atoms. The minimum atomic E-state index is 0. The van der Waals surface area contributed by atoms with Gasteiger partial charge in [-0.2, -0.15) is 0 Å². The molecule has 2 rings (SSSR count). The van der Waals surface area contributed by atoms with E-state index >= 15 is 0 Å². The Bertz CT molecular complexity index is 323.